The largest absolute Gasteiger partial charge is 0.478 e. The smallest absolute Gasteiger partial charge is 0.335 e. The van der Waals surface area contributed by atoms with Crippen molar-refractivity contribution in [1.29, 1.82) is 0 Å². The van der Waals surface area contributed by atoms with Gasteiger partial charge in [0.05, 0.1) is 16.9 Å². The number of carboxylic acids is 1. The van der Waals surface area contributed by atoms with Gasteiger partial charge in [-0.25, -0.2) is 4.79 Å². The van der Waals surface area contributed by atoms with Gasteiger partial charge < -0.3 is 37.1 Å². The van der Waals surface area contributed by atoms with Crippen LogP contribution >= 0.6 is 0 Å². The SMILES string of the molecule is CC(=O)NC(CCCN=C(N)N)C(=O)Nc1c(-c2ccccc2)c(-c2ccccc2)n(C(C)C)c1C(=O)Nc1ccc(C(=O)O)cc1. The van der Waals surface area contributed by atoms with Crippen molar-refractivity contribution >= 4 is 41.0 Å². The molecule has 1 unspecified atom stereocenters. The molecule has 3 amide bonds. The molecule has 4 aromatic rings. The first kappa shape index (κ1) is 34.0. The van der Waals surface area contributed by atoms with Crippen LogP contribution in [0.1, 0.15) is 60.5 Å². The lowest BCUT2D eigenvalue weighted by Crippen LogP contribution is -2.43. The molecule has 244 valence electrons. The number of carbonyl (C=O) groups excluding carboxylic acids is 3. The monoisotopic (exact) mass is 637 g/mol. The standard InChI is InChI=1S/C35H39N7O5/c1-21(2)42-30(24-13-8-5-9-14-24)28(23-11-6-4-7-12-23)29(31(42)33(45)40-26-18-16-25(17-19-26)34(46)47)41-32(44)27(39-22(3)43)15-10-20-38-35(36)37/h4-9,11-14,16-19,21,27H,10,15,20H2,1-3H3,(H,39,43)(H,40,45)(H,41,44)(H,46,47)(H4,36,37,38). The lowest BCUT2D eigenvalue weighted by Gasteiger charge is -2.19. The van der Waals surface area contributed by atoms with Crippen molar-refractivity contribution in [3.05, 3.63) is 96.2 Å². The number of aliphatic imine (C=N–C) groups is 1. The van der Waals surface area contributed by atoms with Gasteiger partial charge in [-0.2, -0.15) is 0 Å². The maximum Gasteiger partial charge on any atom is 0.335 e. The van der Waals surface area contributed by atoms with Crippen molar-refractivity contribution < 1.29 is 24.3 Å². The number of hydrogen-bond acceptors (Lipinski definition) is 5. The number of aromatic nitrogens is 1. The second kappa shape index (κ2) is 15.4. The van der Waals surface area contributed by atoms with Gasteiger partial charge in [-0.1, -0.05) is 60.7 Å². The van der Waals surface area contributed by atoms with Crippen LogP contribution in [0.25, 0.3) is 22.4 Å². The number of anilines is 2. The number of nitrogens with one attached hydrogen (secondary N) is 3. The minimum atomic E-state index is -1.09. The Bertz CT molecular complexity index is 1760. The predicted molar refractivity (Wildman–Crippen MR) is 183 cm³/mol. The Balaban J connectivity index is 1.92. The first-order valence-electron chi connectivity index (χ1n) is 15.1. The van der Waals surface area contributed by atoms with E-state index in [0.717, 1.165) is 11.1 Å². The summed E-state index contributed by atoms with van der Waals surface area (Å²) in [6.07, 6.45) is 0.639. The molecule has 0 aliphatic rings. The van der Waals surface area contributed by atoms with Crippen molar-refractivity contribution in [3.8, 4) is 22.4 Å². The Morgan fingerprint density at radius 3 is 1.98 bits per heavy atom. The van der Waals surface area contributed by atoms with E-state index >= 15 is 0 Å². The summed E-state index contributed by atoms with van der Waals surface area (Å²) in [6.45, 7) is 5.46. The van der Waals surface area contributed by atoms with Gasteiger partial charge in [0.1, 0.15) is 11.7 Å². The van der Waals surface area contributed by atoms with Crippen molar-refractivity contribution in [2.45, 2.75) is 45.7 Å². The first-order chi connectivity index (χ1) is 22.5. The number of carbonyl (C=O) groups is 4. The summed E-state index contributed by atoms with van der Waals surface area (Å²) >= 11 is 0. The molecule has 1 atom stereocenters. The highest BCUT2D eigenvalue weighted by Crippen LogP contribution is 2.45. The zero-order chi connectivity index (χ0) is 34.1. The van der Waals surface area contributed by atoms with Crippen LogP contribution in [-0.4, -0.2) is 51.9 Å². The summed E-state index contributed by atoms with van der Waals surface area (Å²) in [5, 5.41) is 17.9. The average Bonchev–Trinajstić information content (AvgIpc) is 3.38. The van der Waals surface area contributed by atoms with Gasteiger partial charge in [-0.15, -0.1) is 0 Å². The molecular formula is C35H39N7O5. The van der Waals surface area contributed by atoms with Crippen molar-refractivity contribution in [1.82, 2.24) is 9.88 Å². The molecule has 8 N–H and O–H groups in total. The zero-order valence-corrected chi connectivity index (χ0v) is 26.5. The van der Waals surface area contributed by atoms with E-state index in [9.17, 15) is 24.3 Å². The molecule has 0 radical (unpaired) electrons. The number of nitrogens with two attached hydrogens (primary N) is 2. The molecule has 1 aromatic heterocycles. The van der Waals surface area contributed by atoms with Gasteiger partial charge in [0.2, 0.25) is 11.8 Å². The van der Waals surface area contributed by atoms with Crippen LogP contribution in [0.3, 0.4) is 0 Å². The third-order valence-corrected chi connectivity index (χ3v) is 7.32. The summed E-state index contributed by atoms with van der Waals surface area (Å²) in [4.78, 5) is 55.8. The Labute approximate surface area is 272 Å². The lowest BCUT2D eigenvalue weighted by atomic mass is 9.99. The molecule has 12 heteroatoms. The molecule has 0 fully saturated rings. The summed E-state index contributed by atoms with van der Waals surface area (Å²) in [5.41, 5.74) is 14.7. The number of rotatable bonds is 13. The van der Waals surface area contributed by atoms with Gasteiger partial charge in [0.25, 0.3) is 5.91 Å². The van der Waals surface area contributed by atoms with Crippen LogP contribution in [0.2, 0.25) is 0 Å². The van der Waals surface area contributed by atoms with E-state index in [2.05, 4.69) is 20.9 Å². The maximum absolute atomic E-state index is 14.3. The van der Waals surface area contributed by atoms with E-state index in [1.165, 1.54) is 31.2 Å². The summed E-state index contributed by atoms with van der Waals surface area (Å²) in [5.74, 6) is -2.62. The normalized spacial score (nSPS) is 11.4. The molecule has 0 saturated carbocycles. The van der Waals surface area contributed by atoms with Gasteiger partial charge in [0, 0.05) is 30.8 Å². The van der Waals surface area contributed by atoms with Gasteiger partial charge >= 0.3 is 5.97 Å². The number of nitrogens with zero attached hydrogens (tertiary/aromatic N) is 2. The van der Waals surface area contributed by atoms with E-state index in [-0.39, 0.29) is 41.9 Å². The number of aromatic carboxylic acids is 1. The molecule has 0 bridgehead atoms. The van der Waals surface area contributed by atoms with Crippen LogP contribution in [0.15, 0.2) is 89.9 Å². The molecule has 47 heavy (non-hydrogen) atoms. The van der Waals surface area contributed by atoms with Crippen LogP contribution in [-0.2, 0) is 9.59 Å². The molecule has 1 heterocycles. The molecule has 0 aliphatic heterocycles. The van der Waals surface area contributed by atoms with Gasteiger partial charge in [0.15, 0.2) is 5.96 Å². The Hall–Kier alpha value is -5.91. The molecule has 0 aliphatic carbocycles. The Morgan fingerprint density at radius 1 is 0.851 bits per heavy atom. The third-order valence-electron chi connectivity index (χ3n) is 7.32. The minimum Gasteiger partial charge on any atom is -0.478 e. The molecule has 3 aromatic carbocycles. The van der Waals surface area contributed by atoms with Crippen LogP contribution in [0.4, 0.5) is 11.4 Å². The third kappa shape index (κ3) is 8.42. The first-order valence-corrected chi connectivity index (χ1v) is 15.1. The number of carboxylic acid groups (broad SMARTS) is 1. The second-order valence-corrected chi connectivity index (χ2v) is 11.2. The predicted octanol–water partition coefficient (Wildman–Crippen LogP) is 4.85. The highest BCUT2D eigenvalue weighted by Gasteiger charge is 2.32. The highest BCUT2D eigenvalue weighted by atomic mass is 16.4. The number of benzene rings is 3. The molecule has 12 nitrogen and oxygen atoms in total. The molecular weight excluding hydrogens is 598 g/mol. The fourth-order valence-electron chi connectivity index (χ4n) is 5.33. The van der Waals surface area contributed by atoms with E-state index in [1.807, 2.05) is 79.1 Å². The van der Waals surface area contributed by atoms with Crippen molar-refractivity contribution in [3.63, 3.8) is 0 Å². The Kier molecular flexibility index (Phi) is 11.1. The quantitative estimate of drug-likeness (QED) is 0.0685. The highest BCUT2D eigenvalue weighted by molar-refractivity contribution is 6.15. The number of guanidine groups is 1. The van der Waals surface area contributed by atoms with E-state index < -0.39 is 29.7 Å². The number of hydrogen-bond donors (Lipinski definition) is 6. The van der Waals surface area contributed by atoms with Crippen molar-refractivity contribution in [2.24, 2.45) is 16.5 Å². The Morgan fingerprint density at radius 2 is 1.45 bits per heavy atom. The fourth-order valence-corrected chi connectivity index (χ4v) is 5.33. The van der Waals surface area contributed by atoms with Gasteiger partial charge in [-0.3, -0.25) is 19.4 Å². The molecule has 0 spiro atoms. The lowest BCUT2D eigenvalue weighted by molar-refractivity contribution is -0.125. The topological polar surface area (TPSA) is 194 Å². The van der Waals surface area contributed by atoms with Crippen LogP contribution < -0.4 is 27.4 Å². The van der Waals surface area contributed by atoms with E-state index in [1.54, 1.807) is 0 Å². The van der Waals surface area contributed by atoms with Crippen molar-refractivity contribution in [2.75, 3.05) is 17.2 Å². The number of amides is 3. The van der Waals surface area contributed by atoms with Crippen LogP contribution in [0.5, 0.6) is 0 Å². The average molecular weight is 638 g/mol. The maximum atomic E-state index is 14.3. The second-order valence-electron chi connectivity index (χ2n) is 11.2. The van der Waals surface area contributed by atoms with E-state index in [0.29, 0.717) is 23.4 Å². The summed E-state index contributed by atoms with van der Waals surface area (Å²) in [6, 6.07) is 23.6. The zero-order valence-electron chi connectivity index (χ0n) is 26.5. The minimum absolute atomic E-state index is 0.0723. The van der Waals surface area contributed by atoms with Crippen LogP contribution in [0, 0.1) is 0 Å². The molecule has 0 saturated heterocycles. The summed E-state index contributed by atoms with van der Waals surface area (Å²) < 4.78 is 1.88. The fraction of sp³-hybridized carbons (Fsp3) is 0.229. The molecule has 4 rings (SSSR count). The van der Waals surface area contributed by atoms with Gasteiger partial charge in [-0.05, 0) is 62.1 Å². The summed E-state index contributed by atoms with van der Waals surface area (Å²) in [7, 11) is 0. The van der Waals surface area contributed by atoms with E-state index in [4.69, 9.17) is 11.5 Å².